The van der Waals surface area contributed by atoms with Gasteiger partial charge in [0.2, 0.25) is 5.75 Å². The number of Topliss-reactive ketones (excluding diaryl/α,β-unsaturated/α-hetero) is 1. The topological polar surface area (TPSA) is 99.9 Å². The molecule has 176 valence electrons. The highest BCUT2D eigenvalue weighted by molar-refractivity contribution is 6.10. The zero-order valence-electron chi connectivity index (χ0n) is 18.3. The molecule has 3 aromatic rings. The summed E-state index contributed by atoms with van der Waals surface area (Å²) in [4.78, 5) is 17.2. The molecule has 0 aliphatic rings. The summed E-state index contributed by atoms with van der Waals surface area (Å²) >= 11 is 11.1. The van der Waals surface area contributed by atoms with Gasteiger partial charge in [-0.25, -0.2) is 0 Å². The number of halogens is 2. The molecule has 0 spiro atoms. The highest BCUT2D eigenvalue weighted by Crippen LogP contribution is 2.41. The summed E-state index contributed by atoms with van der Waals surface area (Å²) in [7, 11) is 2.95. The lowest BCUT2D eigenvalue weighted by Gasteiger charge is -2.17. The standard InChI is InChI=1S/C24H20Cl2N2O6/c1-30-20-8-7-17(19(29)11-18-21(33-25)13-28-14-22(18)34-26)23(24(20)31-2)32-10-9-15-3-5-16(12-27)6-4-15/h3-8,13-14H,9-11H2,1-2H3. The van der Waals surface area contributed by atoms with E-state index in [0.29, 0.717) is 23.3 Å². The van der Waals surface area contributed by atoms with E-state index in [4.69, 9.17) is 51.8 Å². The van der Waals surface area contributed by atoms with Crippen LogP contribution in [0.3, 0.4) is 0 Å². The van der Waals surface area contributed by atoms with Crippen LogP contribution < -0.4 is 22.8 Å². The molecule has 3 rings (SSSR count). The van der Waals surface area contributed by atoms with Crippen LogP contribution in [-0.2, 0) is 12.8 Å². The predicted octanol–water partition coefficient (Wildman–Crippen LogP) is 5.08. The number of ether oxygens (including phenoxy) is 3. The van der Waals surface area contributed by atoms with Gasteiger partial charge in [-0.2, -0.15) is 5.26 Å². The summed E-state index contributed by atoms with van der Waals surface area (Å²) in [6, 6.07) is 12.5. The molecule has 1 aromatic heterocycles. The molecule has 0 unspecified atom stereocenters. The van der Waals surface area contributed by atoms with Gasteiger partial charge in [0, 0.05) is 12.8 Å². The Balaban J connectivity index is 1.90. The van der Waals surface area contributed by atoms with Gasteiger partial charge < -0.3 is 22.8 Å². The molecule has 1 heterocycles. The van der Waals surface area contributed by atoms with Gasteiger partial charge in [0.15, 0.2) is 28.8 Å². The average molecular weight is 503 g/mol. The molecule has 34 heavy (non-hydrogen) atoms. The molecule has 0 saturated heterocycles. The summed E-state index contributed by atoms with van der Waals surface area (Å²) in [6.07, 6.45) is 3.07. The highest BCUT2D eigenvalue weighted by Gasteiger charge is 2.24. The van der Waals surface area contributed by atoms with E-state index in [1.807, 2.05) is 12.1 Å². The van der Waals surface area contributed by atoms with Crippen molar-refractivity contribution in [3.63, 3.8) is 0 Å². The number of pyridine rings is 1. The van der Waals surface area contributed by atoms with Gasteiger partial charge in [0.1, 0.15) is 23.7 Å². The molecule has 10 heteroatoms. The first kappa shape index (κ1) is 25.0. The minimum absolute atomic E-state index is 0.136. The number of ketones is 1. The Morgan fingerprint density at radius 1 is 0.941 bits per heavy atom. The Morgan fingerprint density at radius 2 is 1.62 bits per heavy atom. The van der Waals surface area contributed by atoms with Gasteiger partial charge in [-0.15, -0.1) is 0 Å². The van der Waals surface area contributed by atoms with Crippen LogP contribution in [0.25, 0.3) is 0 Å². The first-order valence-electron chi connectivity index (χ1n) is 10.00. The smallest absolute Gasteiger partial charge is 0.204 e. The van der Waals surface area contributed by atoms with E-state index in [2.05, 4.69) is 11.1 Å². The van der Waals surface area contributed by atoms with Gasteiger partial charge in [0.25, 0.3) is 0 Å². The largest absolute Gasteiger partial charge is 0.493 e. The number of benzene rings is 2. The number of hydrogen-bond donors (Lipinski definition) is 0. The minimum atomic E-state index is -0.328. The summed E-state index contributed by atoms with van der Waals surface area (Å²) in [5.41, 5.74) is 2.13. The van der Waals surface area contributed by atoms with Gasteiger partial charge >= 0.3 is 0 Å². The van der Waals surface area contributed by atoms with E-state index in [9.17, 15) is 4.79 Å². The number of rotatable bonds is 11. The second-order valence-electron chi connectivity index (χ2n) is 6.95. The Labute approximate surface area is 206 Å². The van der Waals surface area contributed by atoms with Crippen molar-refractivity contribution in [2.75, 3.05) is 20.8 Å². The number of aromatic nitrogens is 1. The molecule has 0 aliphatic carbocycles. The van der Waals surface area contributed by atoms with Gasteiger partial charge in [0.05, 0.1) is 56.0 Å². The van der Waals surface area contributed by atoms with Gasteiger partial charge in [-0.05, 0) is 29.8 Å². The van der Waals surface area contributed by atoms with Gasteiger partial charge in [-0.1, -0.05) is 12.1 Å². The summed E-state index contributed by atoms with van der Waals surface area (Å²) in [6.45, 7) is 0.247. The van der Waals surface area contributed by atoms with Crippen molar-refractivity contribution in [3.05, 3.63) is 71.0 Å². The van der Waals surface area contributed by atoms with Crippen LogP contribution in [-0.4, -0.2) is 31.6 Å². The minimum Gasteiger partial charge on any atom is -0.493 e. The number of nitrogens with zero attached hydrogens (tertiary/aromatic N) is 2. The van der Waals surface area contributed by atoms with E-state index in [0.717, 1.165) is 5.56 Å². The van der Waals surface area contributed by atoms with Crippen LogP contribution in [0.1, 0.15) is 27.0 Å². The van der Waals surface area contributed by atoms with Crippen molar-refractivity contribution in [1.29, 1.82) is 5.26 Å². The van der Waals surface area contributed by atoms with Crippen LogP contribution in [0.5, 0.6) is 28.7 Å². The lowest BCUT2D eigenvalue weighted by Crippen LogP contribution is -2.11. The second-order valence-corrected chi connectivity index (χ2v) is 7.26. The Morgan fingerprint density at radius 3 is 2.18 bits per heavy atom. The van der Waals surface area contributed by atoms with Crippen LogP contribution in [0, 0.1) is 11.3 Å². The lowest BCUT2D eigenvalue weighted by molar-refractivity contribution is 0.0987. The molecule has 0 amide bonds. The monoisotopic (exact) mass is 502 g/mol. The van der Waals surface area contributed by atoms with E-state index in [1.165, 1.54) is 26.6 Å². The van der Waals surface area contributed by atoms with Crippen LogP contribution in [0.15, 0.2) is 48.8 Å². The maximum atomic E-state index is 13.3. The molecule has 0 atom stereocenters. The molecule has 0 fully saturated rings. The van der Waals surface area contributed by atoms with Crippen molar-refractivity contribution in [1.82, 2.24) is 4.98 Å². The molecule has 0 saturated carbocycles. The van der Waals surface area contributed by atoms with Crippen LogP contribution in [0.4, 0.5) is 0 Å². The molecular formula is C24H20Cl2N2O6. The summed E-state index contributed by atoms with van der Waals surface area (Å²) < 4.78 is 26.4. The number of methoxy groups -OCH3 is 2. The highest BCUT2D eigenvalue weighted by atomic mass is 35.5. The summed E-state index contributed by atoms with van der Waals surface area (Å²) in [5, 5.41) is 8.95. The molecular weight excluding hydrogens is 483 g/mol. The number of carbonyl (C=O) groups excluding carboxylic acids is 1. The summed E-state index contributed by atoms with van der Waals surface area (Å²) in [5.74, 6) is 0.868. The third-order valence-corrected chi connectivity index (χ3v) is 5.34. The molecule has 0 N–H and O–H groups in total. The second kappa shape index (κ2) is 12.0. The molecule has 0 aliphatic heterocycles. The first-order valence-corrected chi connectivity index (χ1v) is 10.6. The quantitative estimate of drug-likeness (QED) is 0.334. The average Bonchev–Trinajstić information content (AvgIpc) is 2.88. The number of nitriles is 1. The maximum Gasteiger partial charge on any atom is 0.204 e. The fraction of sp³-hybridized carbons (Fsp3) is 0.208. The molecule has 8 nitrogen and oxygen atoms in total. The molecule has 0 radical (unpaired) electrons. The lowest BCUT2D eigenvalue weighted by atomic mass is 10.0. The fourth-order valence-corrected chi connectivity index (χ4v) is 3.56. The SMILES string of the molecule is COc1ccc(C(=O)Cc2c(OCl)cncc2OCl)c(OCCc2ccc(C#N)cc2)c1OC. The van der Waals surface area contributed by atoms with Crippen molar-refractivity contribution in [2.24, 2.45) is 0 Å². The van der Waals surface area contributed by atoms with Crippen molar-refractivity contribution < 1.29 is 27.6 Å². The van der Waals surface area contributed by atoms with Crippen LogP contribution >= 0.6 is 23.7 Å². The zero-order valence-corrected chi connectivity index (χ0v) is 19.9. The Kier molecular flexibility index (Phi) is 8.79. The van der Waals surface area contributed by atoms with Gasteiger partial charge in [-0.3, -0.25) is 9.78 Å². The Bertz CT molecular complexity index is 1170. The van der Waals surface area contributed by atoms with Crippen molar-refractivity contribution in [2.45, 2.75) is 12.8 Å². The third kappa shape index (κ3) is 5.63. The molecule has 2 aromatic carbocycles. The van der Waals surface area contributed by atoms with E-state index >= 15 is 0 Å². The predicted molar refractivity (Wildman–Crippen MR) is 125 cm³/mol. The zero-order chi connectivity index (χ0) is 24.5. The Hall–Kier alpha value is -3.67. The van der Waals surface area contributed by atoms with Crippen LogP contribution in [0.2, 0.25) is 0 Å². The maximum absolute atomic E-state index is 13.3. The fourth-order valence-electron chi connectivity index (χ4n) is 3.29. The molecule has 0 bridgehead atoms. The third-order valence-electron chi connectivity index (χ3n) is 5.00. The normalized spacial score (nSPS) is 10.2. The van der Waals surface area contributed by atoms with E-state index in [-0.39, 0.29) is 47.4 Å². The van der Waals surface area contributed by atoms with E-state index in [1.54, 1.807) is 24.3 Å². The van der Waals surface area contributed by atoms with Crippen molar-refractivity contribution >= 4 is 29.5 Å². The number of carbonyl (C=O) groups is 1. The first-order chi connectivity index (χ1) is 16.6. The number of hydrogen-bond acceptors (Lipinski definition) is 8. The van der Waals surface area contributed by atoms with E-state index < -0.39 is 0 Å². The van der Waals surface area contributed by atoms with Crippen molar-refractivity contribution in [3.8, 4) is 34.8 Å².